The molecule has 1 aromatic carbocycles. The molecule has 0 spiro atoms. The second kappa shape index (κ2) is 9.14. The monoisotopic (exact) mass is 439 g/mol. The number of imidazole rings is 1. The molecule has 3 aliphatic rings. The molecular weight excluding hydrogens is 402 g/mol. The van der Waals surface area contributed by atoms with Gasteiger partial charge in [-0.25, -0.2) is 4.98 Å². The number of fused-ring (bicyclic) bond motifs is 3. The first-order chi connectivity index (χ1) is 15.6. The summed E-state index contributed by atoms with van der Waals surface area (Å²) in [5.41, 5.74) is 5.08. The molecule has 1 aromatic heterocycles. The van der Waals surface area contributed by atoms with Gasteiger partial charge >= 0.3 is 0 Å². The molecule has 2 aromatic rings. The van der Waals surface area contributed by atoms with Crippen LogP contribution in [0.1, 0.15) is 82.3 Å². The number of nitrogens with zero attached hydrogens (tertiary/aromatic N) is 3. The molecule has 1 saturated carbocycles. The van der Waals surface area contributed by atoms with Gasteiger partial charge in [0.15, 0.2) is 0 Å². The van der Waals surface area contributed by atoms with E-state index in [4.69, 9.17) is 14.5 Å². The predicted molar refractivity (Wildman–Crippen MR) is 126 cm³/mol. The molecule has 5 rings (SSSR count). The Bertz CT molecular complexity index is 957. The van der Waals surface area contributed by atoms with Crippen LogP contribution in [0.2, 0.25) is 0 Å². The molecule has 0 bridgehead atoms. The molecule has 32 heavy (non-hydrogen) atoms. The van der Waals surface area contributed by atoms with E-state index in [0.717, 1.165) is 82.2 Å². The van der Waals surface area contributed by atoms with Crippen LogP contribution in [0.3, 0.4) is 0 Å². The average Bonchev–Trinajstić information content (AvgIpc) is 3.22. The SMILES string of the molecule is CC(OC1CCOCC1)c1nc2c3c(ccc2n1C1CCC(C=O)CC1)N(C)C(C)CC3. The highest BCUT2D eigenvalue weighted by atomic mass is 16.5. The van der Waals surface area contributed by atoms with Gasteiger partial charge in [0.05, 0.1) is 17.1 Å². The standard InChI is InChI=1S/C26H37N3O3/c1-17-4-9-22-23(28(17)3)10-11-24-25(22)27-26(18(2)32-21-12-14-31-15-13-21)29(24)20-7-5-19(16-30)6-8-20/h10-11,16-21H,4-9,12-15H2,1-3H3. The summed E-state index contributed by atoms with van der Waals surface area (Å²) < 4.78 is 14.5. The molecule has 1 aliphatic carbocycles. The summed E-state index contributed by atoms with van der Waals surface area (Å²) in [5, 5.41) is 0. The highest BCUT2D eigenvalue weighted by Crippen LogP contribution is 2.41. The molecular formula is C26H37N3O3. The van der Waals surface area contributed by atoms with Crippen LogP contribution in [0.5, 0.6) is 0 Å². The number of benzene rings is 1. The summed E-state index contributed by atoms with van der Waals surface area (Å²) in [6.07, 6.45) is 9.43. The van der Waals surface area contributed by atoms with E-state index in [9.17, 15) is 4.79 Å². The smallest absolute Gasteiger partial charge is 0.139 e. The quantitative estimate of drug-likeness (QED) is 0.614. The number of carbonyl (C=O) groups is 1. The minimum absolute atomic E-state index is 0.0646. The van der Waals surface area contributed by atoms with Crippen molar-refractivity contribution in [3.05, 3.63) is 23.5 Å². The molecule has 2 aliphatic heterocycles. The van der Waals surface area contributed by atoms with Gasteiger partial charge in [-0.1, -0.05) is 0 Å². The van der Waals surface area contributed by atoms with E-state index in [1.807, 2.05) is 0 Å². The maximum atomic E-state index is 11.3. The van der Waals surface area contributed by atoms with Crippen molar-refractivity contribution in [3.63, 3.8) is 0 Å². The summed E-state index contributed by atoms with van der Waals surface area (Å²) >= 11 is 0. The Morgan fingerprint density at radius 2 is 1.88 bits per heavy atom. The molecule has 2 fully saturated rings. The number of hydrogen-bond acceptors (Lipinski definition) is 5. The first-order valence-electron chi connectivity index (χ1n) is 12.5. The molecule has 2 atom stereocenters. The fourth-order valence-electron chi connectivity index (χ4n) is 5.91. The topological polar surface area (TPSA) is 56.6 Å². The zero-order chi connectivity index (χ0) is 22.2. The van der Waals surface area contributed by atoms with Gasteiger partial charge in [-0.15, -0.1) is 0 Å². The van der Waals surface area contributed by atoms with Crippen LogP contribution in [-0.4, -0.2) is 48.2 Å². The fourth-order valence-corrected chi connectivity index (χ4v) is 5.91. The maximum absolute atomic E-state index is 11.3. The Balaban J connectivity index is 1.55. The van der Waals surface area contributed by atoms with E-state index in [1.54, 1.807) is 0 Å². The zero-order valence-corrected chi connectivity index (χ0v) is 19.8. The van der Waals surface area contributed by atoms with Crippen LogP contribution in [0.25, 0.3) is 11.0 Å². The van der Waals surface area contributed by atoms with Crippen molar-refractivity contribution in [2.24, 2.45) is 5.92 Å². The minimum Gasteiger partial charge on any atom is -0.381 e. The summed E-state index contributed by atoms with van der Waals surface area (Å²) in [6.45, 7) is 6.01. The number of anilines is 1. The third-order valence-electron chi connectivity index (χ3n) is 8.05. The van der Waals surface area contributed by atoms with Crippen LogP contribution in [0, 0.1) is 5.92 Å². The van der Waals surface area contributed by atoms with Crippen molar-refractivity contribution >= 4 is 23.0 Å². The van der Waals surface area contributed by atoms with Gasteiger partial charge in [0.25, 0.3) is 0 Å². The van der Waals surface area contributed by atoms with Gasteiger partial charge in [0.2, 0.25) is 0 Å². The molecule has 6 nitrogen and oxygen atoms in total. The van der Waals surface area contributed by atoms with Crippen molar-refractivity contribution in [2.75, 3.05) is 25.2 Å². The number of hydrogen-bond donors (Lipinski definition) is 0. The Hall–Kier alpha value is -1.92. The van der Waals surface area contributed by atoms with Gasteiger partial charge in [-0.2, -0.15) is 0 Å². The van der Waals surface area contributed by atoms with Crippen LogP contribution < -0.4 is 4.90 Å². The highest BCUT2D eigenvalue weighted by molar-refractivity contribution is 5.86. The molecule has 0 radical (unpaired) electrons. The number of carbonyl (C=O) groups excluding carboxylic acids is 1. The van der Waals surface area contributed by atoms with Crippen LogP contribution >= 0.6 is 0 Å². The first kappa shape index (κ1) is 21.9. The molecule has 0 N–H and O–H groups in total. The second-order valence-electron chi connectivity index (χ2n) is 10.1. The third kappa shape index (κ3) is 3.96. The highest BCUT2D eigenvalue weighted by Gasteiger charge is 2.31. The minimum atomic E-state index is -0.0646. The van der Waals surface area contributed by atoms with E-state index in [0.29, 0.717) is 12.1 Å². The predicted octanol–water partition coefficient (Wildman–Crippen LogP) is 4.99. The van der Waals surface area contributed by atoms with E-state index in [1.165, 1.54) is 16.8 Å². The molecule has 6 heteroatoms. The largest absolute Gasteiger partial charge is 0.381 e. The van der Waals surface area contributed by atoms with E-state index < -0.39 is 0 Å². The van der Waals surface area contributed by atoms with E-state index in [-0.39, 0.29) is 18.1 Å². The van der Waals surface area contributed by atoms with Crippen molar-refractivity contribution in [3.8, 4) is 0 Å². The maximum Gasteiger partial charge on any atom is 0.139 e. The van der Waals surface area contributed by atoms with Gasteiger partial charge in [0, 0.05) is 49.5 Å². The Morgan fingerprint density at radius 1 is 1.12 bits per heavy atom. The van der Waals surface area contributed by atoms with Crippen LogP contribution in [-0.2, 0) is 20.7 Å². The number of aromatic nitrogens is 2. The zero-order valence-electron chi connectivity index (χ0n) is 19.8. The van der Waals surface area contributed by atoms with Crippen molar-refractivity contribution in [2.45, 2.75) is 89.5 Å². The summed E-state index contributed by atoms with van der Waals surface area (Å²) in [6, 6.07) is 5.49. The van der Waals surface area contributed by atoms with E-state index >= 15 is 0 Å². The molecule has 1 saturated heterocycles. The van der Waals surface area contributed by atoms with Crippen molar-refractivity contribution in [1.29, 1.82) is 0 Å². The number of ether oxygens (including phenoxy) is 2. The second-order valence-corrected chi connectivity index (χ2v) is 10.1. The lowest BCUT2D eigenvalue weighted by Crippen LogP contribution is -2.33. The molecule has 2 unspecified atom stereocenters. The summed E-state index contributed by atoms with van der Waals surface area (Å²) in [4.78, 5) is 19.0. The molecule has 174 valence electrons. The molecule has 0 amide bonds. The Kier molecular flexibility index (Phi) is 6.26. The van der Waals surface area contributed by atoms with E-state index in [2.05, 4.69) is 42.5 Å². The lowest BCUT2D eigenvalue weighted by molar-refractivity contribution is -0.112. The lowest BCUT2D eigenvalue weighted by atomic mass is 9.86. The van der Waals surface area contributed by atoms with Crippen molar-refractivity contribution < 1.29 is 14.3 Å². The first-order valence-corrected chi connectivity index (χ1v) is 12.5. The average molecular weight is 440 g/mol. The number of aryl methyl sites for hydroxylation is 1. The van der Waals surface area contributed by atoms with Gasteiger partial charge in [0.1, 0.15) is 18.2 Å². The van der Waals surface area contributed by atoms with Crippen LogP contribution in [0.15, 0.2) is 12.1 Å². The summed E-state index contributed by atoms with van der Waals surface area (Å²) in [7, 11) is 2.20. The Labute approximate surface area is 191 Å². The van der Waals surface area contributed by atoms with Gasteiger partial charge in [-0.05, 0) is 77.3 Å². The number of aldehydes is 1. The molecule has 3 heterocycles. The third-order valence-corrected chi connectivity index (χ3v) is 8.05. The fraction of sp³-hybridized carbons (Fsp3) is 0.692. The Morgan fingerprint density at radius 3 is 2.59 bits per heavy atom. The number of rotatable bonds is 5. The van der Waals surface area contributed by atoms with Crippen LogP contribution in [0.4, 0.5) is 5.69 Å². The van der Waals surface area contributed by atoms with Gasteiger partial charge < -0.3 is 23.7 Å². The summed E-state index contributed by atoms with van der Waals surface area (Å²) in [5.74, 6) is 1.26. The van der Waals surface area contributed by atoms with Crippen molar-refractivity contribution in [1.82, 2.24) is 9.55 Å². The van der Waals surface area contributed by atoms with Gasteiger partial charge in [-0.3, -0.25) is 0 Å². The lowest BCUT2D eigenvalue weighted by Gasteiger charge is -2.34. The normalized spacial score (nSPS) is 28.0.